The number of thiophene rings is 1. The van der Waals surface area contributed by atoms with Crippen LogP contribution in [0.3, 0.4) is 0 Å². The lowest BCUT2D eigenvalue weighted by molar-refractivity contribution is 1.10. The van der Waals surface area contributed by atoms with E-state index >= 15 is 0 Å². The van der Waals surface area contributed by atoms with Crippen LogP contribution in [0.5, 0.6) is 0 Å². The van der Waals surface area contributed by atoms with Gasteiger partial charge in [0.25, 0.3) is 0 Å². The Morgan fingerprint density at radius 2 is 2.00 bits per heavy atom. The summed E-state index contributed by atoms with van der Waals surface area (Å²) < 4.78 is 0. The number of aromatic amines is 1. The van der Waals surface area contributed by atoms with Gasteiger partial charge in [-0.3, -0.25) is 5.10 Å². The highest BCUT2D eigenvalue weighted by atomic mass is 32.1. The van der Waals surface area contributed by atoms with Gasteiger partial charge >= 0.3 is 0 Å². The van der Waals surface area contributed by atoms with E-state index in [1.807, 2.05) is 43.3 Å². The van der Waals surface area contributed by atoms with Crippen molar-refractivity contribution in [1.82, 2.24) is 15.2 Å². The molecule has 2 aromatic heterocycles. The highest BCUT2D eigenvalue weighted by Crippen LogP contribution is 2.32. The summed E-state index contributed by atoms with van der Waals surface area (Å²) in [6, 6.07) is 11.9. The van der Waals surface area contributed by atoms with E-state index in [0.717, 1.165) is 22.0 Å². The number of anilines is 1. The maximum Gasteiger partial charge on any atom is 0.181 e. The van der Waals surface area contributed by atoms with Gasteiger partial charge in [0.1, 0.15) is 0 Å². The summed E-state index contributed by atoms with van der Waals surface area (Å²) in [5.41, 5.74) is 7.87. The normalized spacial score (nSPS) is 10.7. The number of nitrogens with two attached hydrogens (primary N) is 1. The maximum absolute atomic E-state index is 5.95. The Balaban J connectivity index is 2.02. The molecule has 0 bridgehead atoms. The lowest BCUT2D eigenvalue weighted by Gasteiger charge is -1.93. The van der Waals surface area contributed by atoms with E-state index in [0.29, 0.717) is 5.82 Å². The van der Waals surface area contributed by atoms with Gasteiger partial charge in [0.05, 0.1) is 10.6 Å². The quantitative estimate of drug-likeness (QED) is 0.740. The first kappa shape index (κ1) is 11.0. The molecule has 0 amide bonds. The number of hydrogen-bond acceptors (Lipinski definition) is 4. The largest absolute Gasteiger partial charge is 0.390 e. The number of aryl methyl sites for hydroxylation is 1. The number of nitrogen functional groups attached to an aromatic ring is 1. The number of nitrogens with one attached hydrogen (secondary N) is 1. The van der Waals surface area contributed by atoms with Crippen molar-refractivity contribution < 1.29 is 0 Å². The second-order valence-corrected chi connectivity index (χ2v) is 5.30. The SMILES string of the molecule is Cc1cc(-c2nc(-c3ccccc3)n[nH]2)c(N)s1. The Labute approximate surface area is 109 Å². The molecule has 0 aliphatic rings. The highest BCUT2D eigenvalue weighted by molar-refractivity contribution is 7.16. The van der Waals surface area contributed by atoms with Gasteiger partial charge in [-0.1, -0.05) is 30.3 Å². The maximum atomic E-state index is 5.95. The van der Waals surface area contributed by atoms with E-state index in [1.165, 1.54) is 4.88 Å². The van der Waals surface area contributed by atoms with Crippen molar-refractivity contribution >= 4 is 16.3 Å². The molecule has 0 saturated carbocycles. The van der Waals surface area contributed by atoms with E-state index < -0.39 is 0 Å². The minimum atomic E-state index is 0.689. The molecule has 0 fully saturated rings. The zero-order valence-electron chi connectivity index (χ0n) is 9.84. The minimum absolute atomic E-state index is 0.689. The van der Waals surface area contributed by atoms with Gasteiger partial charge in [0.2, 0.25) is 0 Å². The fourth-order valence-corrected chi connectivity index (χ4v) is 2.61. The zero-order chi connectivity index (χ0) is 12.5. The second-order valence-electron chi connectivity index (χ2n) is 4.01. The van der Waals surface area contributed by atoms with Crippen LogP contribution in [0.4, 0.5) is 5.00 Å². The first-order chi connectivity index (χ1) is 8.74. The lowest BCUT2D eigenvalue weighted by atomic mass is 10.2. The van der Waals surface area contributed by atoms with Crippen LogP contribution in [0.2, 0.25) is 0 Å². The topological polar surface area (TPSA) is 67.6 Å². The second kappa shape index (κ2) is 4.27. The van der Waals surface area contributed by atoms with E-state index in [1.54, 1.807) is 11.3 Å². The number of H-pyrrole nitrogens is 1. The Hall–Kier alpha value is -2.14. The number of nitrogens with zero attached hydrogens (tertiary/aromatic N) is 2. The first-order valence-electron chi connectivity index (χ1n) is 5.58. The van der Waals surface area contributed by atoms with Gasteiger partial charge < -0.3 is 5.73 Å². The molecule has 3 aromatic rings. The lowest BCUT2D eigenvalue weighted by Crippen LogP contribution is -1.85. The van der Waals surface area contributed by atoms with Crippen molar-refractivity contribution in [3.63, 3.8) is 0 Å². The van der Waals surface area contributed by atoms with E-state index in [4.69, 9.17) is 5.73 Å². The molecule has 2 heterocycles. The molecule has 5 heteroatoms. The van der Waals surface area contributed by atoms with Gasteiger partial charge in [0.15, 0.2) is 11.6 Å². The van der Waals surface area contributed by atoms with Gasteiger partial charge in [-0.25, -0.2) is 4.98 Å². The molecular formula is C13H12N4S. The Bertz CT molecular complexity index is 669. The molecule has 18 heavy (non-hydrogen) atoms. The molecule has 0 atom stereocenters. The standard InChI is InChI=1S/C13H12N4S/c1-8-7-10(11(14)18-8)13-15-12(16-17-13)9-5-3-2-4-6-9/h2-7H,14H2,1H3,(H,15,16,17). The van der Waals surface area contributed by atoms with Crippen LogP contribution in [-0.2, 0) is 0 Å². The van der Waals surface area contributed by atoms with E-state index in [9.17, 15) is 0 Å². The average molecular weight is 256 g/mol. The van der Waals surface area contributed by atoms with Gasteiger partial charge in [-0.15, -0.1) is 11.3 Å². The summed E-state index contributed by atoms with van der Waals surface area (Å²) in [5, 5.41) is 7.93. The molecule has 4 nitrogen and oxygen atoms in total. The third kappa shape index (κ3) is 1.89. The van der Waals surface area contributed by atoms with Crippen LogP contribution in [0.25, 0.3) is 22.8 Å². The minimum Gasteiger partial charge on any atom is -0.390 e. The summed E-state index contributed by atoms with van der Waals surface area (Å²) in [4.78, 5) is 5.65. The zero-order valence-corrected chi connectivity index (χ0v) is 10.7. The number of rotatable bonds is 2. The number of hydrogen-bond donors (Lipinski definition) is 2. The van der Waals surface area contributed by atoms with Crippen molar-refractivity contribution in [2.24, 2.45) is 0 Å². The summed E-state index contributed by atoms with van der Waals surface area (Å²) in [7, 11) is 0. The average Bonchev–Trinajstić information content (AvgIpc) is 2.97. The van der Waals surface area contributed by atoms with Gasteiger partial charge in [-0.05, 0) is 13.0 Å². The van der Waals surface area contributed by atoms with Crippen LogP contribution in [-0.4, -0.2) is 15.2 Å². The van der Waals surface area contributed by atoms with Crippen LogP contribution in [0.1, 0.15) is 4.88 Å². The smallest absolute Gasteiger partial charge is 0.181 e. The third-order valence-electron chi connectivity index (χ3n) is 2.66. The molecule has 90 valence electrons. The Morgan fingerprint density at radius 3 is 2.67 bits per heavy atom. The molecule has 0 radical (unpaired) electrons. The van der Waals surface area contributed by atoms with Crippen molar-refractivity contribution in [2.75, 3.05) is 5.73 Å². The fourth-order valence-electron chi connectivity index (χ4n) is 1.82. The summed E-state index contributed by atoms with van der Waals surface area (Å²) >= 11 is 1.56. The van der Waals surface area contributed by atoms with Crippen LogP contribution in [0.15, 0.2) is 36.4 Å². The molecular weight excluding hydrogens is 244 g/mol. The Kier molecular flexibility index (Phi) is 2.60. The fraction of sp³-hybridized carbons (Fsp3) is 0.0769. The van der Waals surface area contributed by atoms with E-state index in [-0.39, 0.29) is 0 Å². The molecule has 0 saturated heterocycles. The predicted molar refractivity (Wildman–Crippen MR) is 74.3 cm³/mol. The molecule has 1 aromatic carbocycles. The third-order valence-corrected chi connectivity index (χ3v) is 3.54. The van der Waals surface area contributed by atoms with Crippen LogP contribution in [0, 0.1) is 6.92 Å². The number of benzene rings is 1. The van der Waals surface area contributed by atoms with Crippen molar-refractivity contribution in [1.29, 1.82) is 0 Å². The molecule has 0 aliphatic heterocycles. The summed E-state index contributed by atoms with van der Waals surface area (Å²) in [5.74, 6) is 1.41. The van der Waals surface area contributed by atoms with Crippen LogP contribution < -0.4 is 5.73 Å². The van der Waals surface area contributed by atoms with Crippen molar-refractivity contribution in [3.8, 4) is 22.8 Å². The van der Waals surface area contributed by atoms with Crippen LogP contribution >= 0.6 is 11.3 Å². The number of aromatic nitrogens is 3. The van der Waals surface area contributed by atoms with Gasteiger partial charge in [-0.2, -0.15) is 5.10 Å². The first-order valence-corrected chi connectivity index (χ1v) is 6.40. The molecule has 3 N–H and O–H groups in total. The predicted octanol–water partition coefficient (Wildman–Crippen LogP) is 3.09. The van der Waals surface area contributed by atoms with Crippen molar-refractivity contribution in [2.45, 2.75) is 6.92 Å². The molecule has 0 aliphatic carbocycles. The molecule has 3 rings (SSSR count). The molecule has 0 spiro atoms. The summed E-state index contributed by atoms with van der Waals surface area (Å²) in [6.07, 6.45) is 0. The summed E-state index contributed by atoms with van der Waals surface area (Å²) in [6.45, 7) is 2.03. The van der Waals surface area contributed by atoms with Gasteiger partial charge in [0, 0.05) is 10.4 Å². The van der Waals surface area contributed by atoms with E-state index in [2.05, 4.69) is 15.2 Å². The molecule has 0 unspecified atom stereocenters. The Morgan fingerprint density at radius 1 is 1.22 bits per heavy atom. The monoisotopic (exact) mass is 256 g/mol. The highest BCUT2D eigenvalue weighted by Gasteiger charge is 2.12. The van der Waals surface area contributed by atoms with Crippen molar-refractivity contribution in [3.05, 3.63) is 41.3 Å².